The van der Waals surface area contributed by atoms with Gasteiger partial charge in [0.1, 0.15) is 0 Å². The minimum Gasteiger partial charge on any atom is -0.479 e. The monoisotopic (exact) mass is 427 g/mol. The van der Waals surface area contributed by atoms with Crippen LogP contribution in [0.15, 0.2) is 22.7 Å². The summed E-state index contributed by atoms with van der Waals surface area (Å²) in [6.45, 7) is 0.106. The molecule has 0 heterocycles. The highest BCUT2D eigenvalue weighted by molar-refractivity contribution is 14.1. The summed E-state index contributed by atoms with van der Waals surface area (Å²) >= 11 is 5.32. The number of aliphatic hydroxyl groups is 1. The van der Waals surface area contributed by atoms with Gasteiger partial charge in [0, 0.05) is 21.0 Å². The van der Waals surface area contributed by atoms with Crippen molar-refractivity contribution >= 4 is 50.4 Å². The number of aliphatic hydroxyl groups excluding tert-OH is 1. The van der Waals surface area contributed by atoms with Crippen LogP contribution in [0.25, 0.3) is 0 Å². The molecule has 3 N–H and O–H groups in total. The first kappa shape index (κ1) is 15.4. The number of carbonyl (C=O) groups excluding carboxylic acids is 1. The van der Waals surface area contributed by atoms with Gasteiger partial charge in [0.15, 0.2) is 6.10 Å². The maximum absolute atomic E-state index is 11.8. The summed E-state index contributed by atoms with van der Waals surface area (Å²) in [6, 6.07) is 5.31. The highest BCUT2D eigenvalue weighted by atomic mass is 127. The molecule has 0 bridgehead atoms. The first-order chi connectivity index (χ1) is 8.41. The number of carboxylic acid groups (broad SMARTS) is 1. The predicted octanol–water partition coefficient (Wildman–Crippen LogP) is 1.62. The van der Waals surface area contributed by atoms with Gasteiger partial charge in [0.2, 0.25) is 0 Å². The predicted molar refractivity (Wildman–Crippen MR) is 77.5 cm³/mol. The fraction of sp³-hybridized carbons (Fsp3) is 0.273. The lowest BCUT2D eigenvalue weighted by Crippen LogP contribution is -2.30. The van der Waals surface area contributed by atoms with Crippen LogP contribution in [-0.2, 0) is 4.79 Å². The molecule has 0 saturated heterocycles. The first-order valence-corrected chi connectivity index (χ1v) is 6.93. The van der Waals surface area contributed by atoms with E-state index in [2.05, 4.69) is 21.2 Å². The summed E-state index contributed by atoms with van der Waals surface area (Å²) in [5.74, 6) is -1.58. The lowest BCUT2D eigenvalue weighted by Gasteiger charge is -2.08. The topological polar surface area (TPSA) is 86.6 Å². The number of aliphatic carboxylic acids is 1. The van der Waals surface area contributed by atoms with Gasteiger partial charge in [-0.15, -0.1) is 0 Å². The van der Waals surface area contributed by atoms with Gasteiger partial charge in [-0.05, 0) is 40.8 Å². The van der Waals surface area contributed by atoms with Crippen LogP contribution in [0.1, 0.15) is 16.8 Å². The number of hydrogen-bond acceptors (Lipinski definition) is 3. The van der Waals surface area contributed by atoms with Gasteiger partial charge in [0.25, 0.3) is 5.91 Å². The van der Waals surface area contributed by atoms with E-state index in [0.717, 1.165) is 8.04 Å². The highest BCUT2D eigenvalue weighted by Crippen LogP contribution is 2.18. The molecule has 0 saturated carbocycles. The minimum absolute atomic E-state index is 0.0222. The lowest BCUT2D eigenvalue weighted by molar-refractivity contribution is -0.146. The van der Waals surface area contributed by atoms with E-state index in [4.69, 9.17) is 10.2 Å². The van der Waals surface area contributed by atoms with Gasteiger partial charge in [-0.2, -0.15) is 0 Å². The van der Waals surface area contributed by atoms with Gasteiger partial charge in [-0.3, -0.25) is 4.79 Å². The third-order valence-corrected chi connectivity index (χ3v) is 3.60. The zero-order valence-corrected chi connectivity index (χ0v) is 12.9. The molecule has 0 aliphatic rings. The van der Waals surface area contributed by atoms with E-state index < -0.39 is 12.1 Å². The number of carboxylic acids is 1. The highest BCUT2D eigenvalue weighted by Gasteiger charge is 2.14. The summed E-state index contributed by atoms with van der Waals surface area (Å²) in [5, 5.41) is 20.1. The van der Waals surface area contributed by atoms with Crippen molar-refractivity contribution in [2.45, 2.75) is 12.5 Å². The van der Waals surface area contributed by atoms with Crippen molar-refractivity contribution in [1.82, 2.24) is 5.32 Å². The van der Waals surface area contributed by atoms with Crippen LogP contribution >= 0.6 is 38.5 Å². The van der Waals surface area contributed by atoms with Crippen molar-refractivity contribution in [1.29, 1.82) is 0 Å². The van der Waals surface area contributed by atoms with Gasteiger partial charge >= 0.3 is 5.97 Å². The number of benzene rings is 1. The number of rotatable bonds is 5. The molecule has 0 fully saturated rings. The van der Waals surface area contributed by atoms with E-state index in [1.807, 2.05) is 28.7 Å². The lowest BCUT2D eigenvalue weighted by atomic mass is 10.2. The first-order valence-electron chi connectivity index (χ1n) is 5.06. The quantitative estimate of drug-likeness (QED) is 0.623. The molecule has 0 radical (unpaired) electrons. The molecule has 0 aliphatic carbocycles. The smallest absolute Gasteiger partial charge is 0.332 e. The van der Waals surface area contributed by atoms with Gasteiger partial charge in [0.05, 0.1) is 5.56 Å². The summed E-state index contributed by atoms with van der Waals surface area (Å²) < 4.78 is 1.59. The third-order valence-electron chi connectivity index (χ3n) is 2.16. The van der Waals surface area contributed by atoms with Gasteiger partial charge < -0.3 is 15.5 Å². The average molecular weight is 428 g/mol. The Bertz CT molecular complexity index is 466. The molecular weight excluding hydrogens is 417 g/mol. The van der Waals surface area contributed by atoms with Crippen LogP contribution in [0.2, 0.25) is 0 Å². The van der Waals surface area contributed by atoms with Crippen LogP contribution in [-0.4, -0.2) is 34.7 Å². The van der Waals surface area contributed by atoms with Crippen molar-refractivity contribution in [2.75, 3.05) is 6.54 Å². The Kier molecular flexibility index (Phi) is 6.03. The van der Waals surface area contributed by atoms with Crippen molar-refractivity contribution in [3.05, 3.63) is 31.8 Å². The second kappa shape index (κ2) is 7.05. The molecule has 1 amide bonds. The standard InChI is InChI=1S/C11H11BrINO4/c12-6-1-2-8(13)7(5-6)10(16)14-4-3-9(15)11(17)18/h1-2,5,9,15H,3-4H2,(H,14,16)(H,17,18). The maximum Gasteiger partial charge on any atom is 0.332 e. The van der Waals surface area contributed by atoms with Crippen LogP contribution < -0.4 is 5.32 Å². The van der Waals surface area contributed by atoms with Crippen molar-refractivity contribution < 1.29 is 19.8 Å². The van der Waals surface area contributed by atoms with Crippen LogP contribution in [0.3, 0.4) is 0 Å². The maximum atomic E-state index is 11.8. The summed E-state index contributed by atoms with van der Waals surface area (Å²) in [4.78, 5) is 22.2. The van der Waals surface area contributed by atoms with E-state index >= 15 is 0 Å². The summed E-state index contributed by atoms with van der Waals surface area (Å²) in [5.41, 5.74) is 0.509. The van der Waals surface area contributed by atoms with Crippen molar-refractivity contribution in [3.8, 4) is 0 Å². The minimum atomic E-state index is -1.45. The molecule has 0 spiro atoms. The molecule has 1 atom stereocenters. The number of halogens is 2. The molecule has 1 aromatic carbocycles. The summed E-state index contributed by atoms with van der Waals surface area (Å²) in [7, 11) is 0. The molecular formula is C11H11BrINO4. The molecule has 98 valence electrons. The van der Waals surface area contributed by atoms with Crippen molar-refractivity contribution in [2.24, 2.45) is 0 Å². The molecule has 0 aromatic heterocycles. The molecule has 18 heavy (non-hydrogen) atoms. The Morgan fingerprint density at radius 1 is 1.44 bits per heavy atom. The zero-order valence-electron chi connectivity index (χ0n) is 9.19. The van der Waals surface area contributed by atoms with E-state index in [1.165, 1.54) is 0 Å². The Morgan fingerprint density at radius 2 is 2.11 bits per heavy atom. The summed E-state index contributed by atoms with van der Waals surface area (Å²) in [6.07, 6.45) is -1.47. The van der Waals surface area contributed by atoms with Gasteiger partial charge in [-0.1, -0.05) is 15.9 Å². The molecule has 1 unspecified atom stereocenters. The van der Waals surface area contributed by atoms with Crippen LogP contribution in [0.4, 0.5) is 0 Å². The Morgan fingerprint density at radius 3 is 2.72 bits per heavy atom. The fourth-order valence-electron chi connectivity index (χ4n) is 1.21. The average Bonchev–Trinajstić information content (AvgIpc) is 2.31. The number of amides is 1. The van der Waals surface area contributed by atoms with Crippen LogP contribution in [0.5, 0.6) is 0 Å². The Hall–Kier alpha value is -0.670. The molecule has 0 aliphatic heterocycles. The molecule has 5 nitrogen and oxygen atoms in total. The van der Waals surface area contributed by atoms with E-state index in [9.17, 15) is 9.59 Å². The normalized spacial score (nSPS) is 11.9. The fourth-order valence-corrected chi connectivity index (χ4v) is 2.15. The number of nitrogens with one attached hydrogen (secondary N) is 1. The van der Waals surface area contributed by atoms with E-state index in [0.29, 0.717) is 5.56 Å². The Labute approximate surface area is 126 Å². The van der Waals surface area contributed by atoms with Crippen molar-refractivity contribution in [3.63, 3.8) is 0 Å². The van der Waals surface area contributed by atoms with E-state index in [1.54, 1.807) is 12.1 Å². The Balaban J connectivity index is 2.55. The van der Waals surface area contributed by atoms with Gasteiger partial charge in [-0.25, -0.2) is 4.79 Å². The second-order valence-electron chi connectivity index (χ2n) is 3.52. The molecule has 1 aromatic rings. The zero-order chi connectivity index (χ0) is 13.7. The van der Waals surface area contributed by atoms with Crippen LogP contribution in [0, 0.1) is 3.57 Å². The second-order valence-corrected chi connectivity index (χ2v) is 5.60. The largest absolute Gasteiger partial charge is 0.479 e. The molecule has 1 rings (SSSR count). The number of carbonyl (C=O) groups is 2. The SMILES string of the molecule is O=C(NCCC(O)C(=O)O)c1cc(Br)ccc1I. The van der Waals surface area contributed by atoms with E-state index in [-0.39, 0.29) is 18.9 Å². The number of hydrogen-bond donors (Lipinski definition) is 3. The third kappa shape index (κ3) is 4.54. The molecule has 7 heteroatoms.